The van der Waals surface area contributed by atoms with Gasteiger partial charge in [-0.15, -0.1) is 0 Å². The van der Waals surface area contributed by atoms with E-state index in [0.717, 1.165) is 18.4 Å². The maximum Gasteiger partial charge on any atom is 0.166 e. The summed E-state index contributed by atoms with van der Waals surface area (Å²) in [7, 11) is 0. The Balaban J connectivity index is 2.08. The van der Waals surface area contributed by atoms with Crippen molar-refractivity contribution in [1.82, 2.24) is 0 Å². The summed E-state index contributed by atoms with van der Waals surface area (Å²) >= 11 is 0. The molecule has 2 rings (SSSR count). The maximum atomic E-state index is 13.6. The minimum atomic E-state index is -0.372. The van der Waals surface area contributed by atoms with Gasteiger partial charge in [0.05, 0.1) is 5.56 Å². The van der Waals surface area contributed by atoms with Gasteiger partial charge in [0, 0.05) is 6.42 Å². The standard InChI is InChI=1S/C14H17FO/c1-10-6-7-12(13(15)8-10)14(16)9-11-4-2-3-5-11/h6-8,11H,2-5,9H2,1H3. The monoisotopic (exact) mass is 220 g/mol. The van der Waals surface area contributed by atoms with E-state index in [9.17, 15) is 9.18 Å². The highest BCUT2D eigenvalue weighted by Crippen LogP contribution is 2.29. The van der Waals surface area contributed by atoms with Gasteiger partial charge >= 0.3 is 0 Å². The highest BCUT2D eigenvalue weighted by Gasteiger charge is 2.20. The van der Waals surface area contributed by atoms with E-state index in [0.29, 0.717) is 12.3 Å². The average Bonchev–Trinajstić information content (AvgIpc) is 2.70. The Labute approximate surface area is 95.7 Å². The number of hydrogen-bond donors (Lipinski definition) is 0. The van der Waals surface area contributed by atoms with Crippen LogP contribution in [0.4, 0.5) is 4.39 Å². The van der Waals surface area contributed by atoms with Gasteiger partial charge in [0.15, 0.2) is 5.78 Å². The number of rotatable bonds is 3. The lowest BCUT2D eigenvalue weighted by atomic mass is 9.96. The molecule has 0 spiro atoms. The Hall–Kier alpha value is -1.18. The molecule has 1 saturated carbocycles. The van der Waals surface area contributed by atoms with Gasteiger partial charge in [0.1, 0.15) is 5.82 Å². The lowest BCUT2D eigenvalue weighted by Crippen LogP contribution is -2.08. The molecule has 1 aromatic rings. The fourth-order valence-corrected chi connectivity index (χ4v) is 2.43. The van der Waals surface area contributed by atoms with Crippen molar-refractivity contribution in [3.63, 3.8) is 0 Å². The zero-order valence-electron chi connectivity index (χ0n) is 9.63. The van der Waals surface area contributed by atoms with Crippen molar-refractivity contribution in [2.24, 2.45) is 5.92 Å². The van der Waals surface area contributed by atoms with E-state index < -0.39 is 0 Å². The van der Waals surface area contributed by atoms with Crippen molar-refractivity contribution >= 4 is 5.78 Å². The molecule has 0 unspecified atom stereocenters. The fraction of sp³-hybridized carbons (Fsp3) is 0.500. The molecule has 0 atom stereocenters. The van der Waals surface area contributed by atoms with E-state index in [-0.39, 0.29) is 17.2 Å². The van der Waals surface area contributed by atoms with E-state index in [2.05, 4.69) is 0 Å². The molecule has 0 saturated heterocycles. The van der Waals surface area contributed by atoms with Gasteiger partial charge in [-0.1, -0.05) is 31.7 Å². The summed E-state index contributed by atoms with van der Waals surface area (Å²) in [5, 5.41) is 0. The number of hydrogen-bond acceptors (Lipinski definition) is 1. The highest BCUT2D eigenvalue weighted by molar-refractivity contribution is 5.96. The van der Waals surface area contributed by atoms with Crippen LogP contribution < -0.4 is 0 Å². The minimum Gasteiger partial charge on any atom is -0.294 e. The molecule has 0 N–H and O–H groups in total. The summed E-state index contributed by atoms with van der Waals surface area (Å²) in [4.78, 5) is 11.9. The molecule has 16 heavy (non-hydrogen) atoms. The first kappa shape index (κ1) is 11.3. The number of carbonyl (C=O) groups is 1. The number of carbonyl (C=O) groups excluding carboxylic acids is 1. The number of ketones is 1. The molecule has 1 fully saturated rings. The minimum absolute atomic E-state index is 0.0376. The fourth-order valence-electron chi connectivity index (χ4n) is 2.43. The highest BCUT2D eigenvalue weighted by atomic mass is 19.1. The first-order valence-electron chi connectivity index (χ1n) is 5.96. The van der Waals surface area contributed by atoms with E-state index in [1.165, 1.54) is 18.9 Å². The quantitative estimate of drug-likeness (QED) is 0.706. The van der Waals surface area contributed by atoms with E-state index in [4.69, 9.17) is 0 Å². The molecule has 2 heteroatoms. The summed E-state index contributed by atoms with van der Waals surface area (Å²) in [5.74, 6) is 0.0700. The van der Waals surface area contributed by atoms with Crippen LogP contribution >= 0.6 is 0 Å². The zero-order valence-corrected chi connectivity index (χ0v) is 9.63. The van der Waals surface area contributed by atoms with Crippen LogP contribution in [0.5, 0.6) is 0 Å². The molecule has 1 nitrogen and oxygen atoms in total. The SMILES string of the molecule is Cc1ccc(C(=O)CC2CCCC2)c(F)c1. The lowest BCUT2D eigenvalue weighted by molar-refractivity contribution is 0.0958. The van der Waals surface area contributed by atoms with Crippen LogP contribution in [0.2, 0.25) is 0 Å². The number of aryl methyl sites for hydroxylation is 1. The van der Waals surface area contributed by atoms with Crippen molar-refractivity contribution in [2.45, 2.75) is 39.0 Å². The maximum absolute atomic E-state index is 13.6. The Morgan fingerprint density at radius 3 is 2.69 bits per heavy atom. The molecule has 86 valence electrons. The second-order valence-corrected chi connectivity index (χ2v) is 4.76. The molecular formula is C14H17FO. The van der Waals surface area contributed by atoms with E-state index in [1.807, 2.05) is 6.92 Å². The Bertz CT molecular complexity index is 392. The van der Waals surface area contributed by atoms with Gasteiger partial charge < -0.3 is 0 Å². The predicted molar refractivity (Wildman–Crippen MR) is 62.0 cm³/mol. The summed E-state index contributed by atoms with van der Waals surface area (Å²) in [6.07, 6.45) is 5.20. The Morgan fingerprint density at radius 1 is 1.38 bits per heavy atom. The van der Waals surface area contributed by atoms with Crippen LogP contribution in [-0.4, -0.2) is 5.78 Å². The zero-order chi connectivity index (χ0) is 11.5. The summed E-state index contributed by atoms with van der Waals surface area (Å²) in [5.41, 5.74) is 1.12. The second kappa shape index (κ2) is 4.77. The summed E-state index contributed by atoms with van der Waals surface area (Å²) < 4.78 is 13.6. The van der Waals surface area contributed by atoms with Crippen molar-refractivity contribution in [3.05, 3.63) is 35.1 Å². The van der Waals surface area contributed by atoms with Crippen LogP contribution in [0.25, 0.3) is 0 Å². The van der Waals surface area contributed by atoms with Crippen molar-refractivity contribution in [3.8, 4) is 0 Å². The Morgan fingerprint density at radius 2 is 2.06 bits per heavy atom. The molecule has 0 amide bonds. The second-order valence-electron chi connectivity index (χ2n) is 4.76. The normalized spacial score (nSPS) is 16.6. The molecule has 0 heterocycles. The third-order valence-electron chi connectivity index (χ3n) is 3.37. The Kier molecular flexibility index (Phi) is 3.37. The molecular weight excluding hydrogens is 203 g/mol. The van der Waals surface area contributed by atoms with Crippen molar-refractivity contribution in [1.29, 1.82) is 0 Å². The first-order chi connectivity index (χ1) is 7.66. The largest absolute Gasteiger partial charge is 0.294 e. The summed E-state index contributed by atoms with van der Waals surface area (Å²) in [6, 6.07) is 4.84. The van der Waals surface area contributed by atoms with Crippen molar-refractivity contribution in [2.75, 3.05) is 0 Å². The molecule has 1 aromatic carbocycles. The van der Waals surface area contributed by atoms with Crippen LogP contribution in [0.3, 0.4) is 0 Å². The predicted octanol–water partition coefficient (Wildman–Crippen LogP) is 3.90. The summed E-state index contributed by atoms with van der Waals surface area (Å²) in [6.45, 7) is 1.83. The molecule has 1 aliphatic rings. The topological polar surface area (TPSA) is 17.1 Å². The molecule has 0 radical (unpaired) electrons. The van der Waals surface area contributed by atoms with Gasteiger partial charge in [0.25, 0.3) is 0 Å². The van der Waals surface area contributed by atoms with Crippen LogP contribution in [-0.2, 0) is 0 Å². The van der Waals surface area contributed by atoms with Gasteiger partial charge in [-0.25, -0.2) is 4.39 Å². The van der Waals surface area contributed by atoms with Crippen LogP contribution in [0.15, 0.2) is 18.2 Å². The molecule has 0 aromatic heterocycles. The van der Waals surface area contributed by atoms with Crippen LogP contribution in [0.1, 0.15) is 48.0 Å². The number of Topliss-reactive ketones (excluding diaryl/α,β-unsaturated/α-hetero) is 1. The van der Waals surface area contributed by atoms with Gasteiger partial charge in [0.2, 0.25) is 0 Å². The third-order valence-corrected chi connectivity index (χ3v) is 3.37. The van der Waals surface area contributed by atoms with Gasteiger partial charge in [-0.05, 0) is 30.5 Å². The van der Waals surface area contributed by atoms with Gasteiger partial charge in [-0.3, -0.25) is 4.79 Å². The molecule has 1 aliphatic carbocycles. The van der Waals surface area contributed by atoms with E-state index in [1.54, 1.807) is 12.1 Å². The number of halogens is 1. The van der Waals surface area contributed by atoms with E-state index >= 15 is 0 Å². The van der Waals surface area contributed by atoms with Crippen molar-refractivity contribution < 1.29 is 9.18 Å². The third kappa shape index (κ3) is 2.49. The average molecular weight is 220 g/mol. The van der Waals surface area contributed by atoms with Crippen LogP contribution in [0, 0.1) is 18.7 Å². The number of benzene rings is 1. The van der Waals surface area contributed by atoms with Gasteiger partial charge in [-0.2, -0.15) is 0 Å². The smallest absolute Gasteiger partial charge is 0.166 e. The lowest BCUT2D eigenvalue weighted by Gasteiger charge is -2.08. The first-order valence-corrected chi connectivity index (χ1v) is 5.96. The molecule has 0 bridgehead atoms. The molecule has 0 aliphatic heterocycles.